The number of rotatable bonds is 8. The van der Waals surface area contributed by atoms with E-state index >= 15 is 0 Å². The number of amides is 1. The van der Waals surface area contributed by atoms with Crippen molar-refractivity contribution in [3.05, 3.63) is 65.7 Å². The number of carbonyl (C=O) groups excluding carboxylic acids is 1. The Morgan fingerprint density at radius 2 is 1.90 bits per heavy atom. The van der Waals surface area contributed by atoms with Crippen molar-refractivity contribution in [1.29, 1.82) is 0 Å². The average molecular weight is 420 g/mol. The molecule has 0 bridgehead atoms. The fourth-order valence-electron chi connectivity index (χ4n) is 4.09. The summed E-state index contributed by atoms with van der Waals surface area (Å²) in [6, 6.07) is 17.4. The Labute approximate surface area is 183 Å². The second-order valence-corrected chi connectivity index (χ2v) is 7.83. The van der Waals surface area contributed by atoms with E-state index in [2.05, 4.69) is 17.0 Å². The first-order chi connectivity index (χ1) is 15.2. The molecule has 1 aliphatic rings. The molecule has 0 N–H and O–H groups in total. The van der Waals surface area contributed by atoms with Crippen molar-refractivity contribution in [1.82, 2.24) is 10.1 Å². The molecule has 0 saturated carbocycles. The van der Waals surface area contributed by atoms with Crippen LogP contribution in [0.25, 0.3) is 11.3 Å². The van der Waals surface area contributed by atoms with E-state index in [4.69, 9.17) is 9.26 Å². The lowest BCUT2D eigenvalue weighted by molar-refractivity contribution is 0.0743. The molecule has 0 atom stereocenters. The predicted molar refractivity (Wildman–Crippen MR) is 121 cm³/mol. The van der Waals surface area contributed by atoms with Crippen LogP contribution < -0.4 is 9.64 Å². The van der Waals surface area contributed by atoms with E-state index in [1.54, 1.807) is 13.2 Å². The Kier molecular flexibility index (Phi) is 6.55. The summed E-state index contributed by atoms with van der Waals surface area (Å²) in [6.45, 7) is 5.08. The molecule has 1 amide bonds. The molecular weight excluding hydrogens is 390 g/mol. The zero-order chi connectivity index (χ0) is 21.6. The molecule has 4 rings (SSSR count). The summed E-state index contributed by atoms with van der Waals surface area (Å²) in [4.78, 5) is 17.5. The van der Waals surface area contributed by atoms with Crippen molar-refractivity contribution < 1.29 is 14.1 Å². The third kappa shape index (κ3) is 4.58. The highest BCUT2D eigenvalue weighted by atomic mass is 16.5. The summed E-state index contributed by atoms with van der Waals surface area (Å²) in [5.74, 6) is 1.44. The smallest absolute Gasteiger partial charge is 0.254 e. The van der Waals surface area contributed by atoms with Crippen LogP contribution in [-0.4, -0.2) is 42.7 Å². The summed E-state index contributed by atoms with van der Waals surface area (Å²) >= 11 is 0. The number of methoxy groups -OCH3 is 1. The number of benzene rings is 2. The largest absolute Gasteiger partial charge is 0.497 e. The van der Waals surface area contributed by atoms with Gasteiger partial charge in [-0.05, 0) is 37.5 Å². The Hall–Kier alpha value is -3.28. The van der Waals surface area contributed by atoms with Gasteiger partial charge in [-0.2, -0.15) is 0 Å². The minimum atomic E-state index is -0.0201. The highest BCUT2D eigenvalue weighted by Gasteiger charge is 2.27. The number of hydrogen-bond donors (Lipinski definition) is 0. The summed E-state index contributed by atoms with van der Waals surface area (Å²) in [5, 5.41) is 4.43. The lowest BCUT2D eigenvalue weighted by Crippen LogP contribution is -2.32. The maximum atomic E-state index is 13.4. The van der Waals surface area contributed by atoms with Crippen LogP contribution in [0.3, 0.4) is 0 Å². The Bertz CT molecular complexity index is 1010. The minimum Gasteiger partial charge on any atom is -0.497 e. The molecule has 0 spiro atoms. The molecule has 6 heteroatoms. The Morgan fingerprint density at radius 1 is 1.13 bits per heavy atom. The van der Waals surface area contributed by atoms with Crippen molar-refractivity contribution in [2.75, 3.05) is 31.6 Å². The fraction of sp³-hybridized carbons (Fsp3) is 0.360. The molecule has 2 heterocycles. The van der Waals surface area contributed by atoms with Crippen LogP contribution in [0.1, 0.15) is 42.1 Å². The lowest BCUT2D eigenvalue weighted by Gasteiger charge is -2.24. The zero-order valence-corrected chi connectivity index (χ0v) is 18.2. The van der Waals surface area contributed by atoms with Crippen LogP contribution in [-0.2, 0) is 6.54 Å². The number of ether oxygens (including phenoxy) is 1. The summed E-state index contributed by atoms with van der Waals surface area (Å²) in [6.07, 6.45) is 3.14. The van der Waals surface area contributed by atoms with E-state index in [0.29, 0.717) is 24.4 Å². The molecule has 2 aromatic carbocycles. The molecule has 1 fully saturated rings. The highest BCUT2D eigenvalue weighted by molar-refractivity contribution is 5.94. The highest BCUT2D eigenvalue weighted by Crippen LogP contribution is 2.34. The first-order valence-corrected chi connectivity index (χ1v) is 10.9. The Balaban J connectivity index is 1.70. The molecule has 0 aliphatic carbocycles. The molecule has 1 saturated heterocycles. The third-order valence-corrected chi connectivity index (χ3v) is 5.65. The first-order valence-electron chi connectivity index (χ1n) is 10.9. The molecule has 3 aromatic rings. The van der Waals surface area contributed by atoms with Gasteiger partial charge >= 0.3 is 0 Å². The van der Waals surface area contributed by atoms with Gasteiger partial charge in [0.15, 0.2) is 0 Å². The molecular formula is C25H29N3O3. The molecule has 31 heavy (non-hydrogen) atoms. The van der Waals surface area contributed by atoms with Crippen molar-refractivity contribution in [2.24, 2.45) is 0 Å². The number of nitrogens with zero attached hydrogens (tertiary/aromatic N) is 3. The van der Waals surface area contributed by atoms with E-state index in [9.17, 15) is 4.79 Å². The van der Waals surface area contributed by atoms with E-state index in [1.165, 1.54) is 0 Å². The van der Waals surface area contributed by atoms with E-state index in [-0.39, 0.29) is 5.91 Å². The quantitative estimate of drug-likeness (QED) is 0.514. The van der Waals surface area contributed by atoms with Gasteiger partial charge in [0.2, 0.25) is 5.88 Å². The predicted octanol–water partition coefficient (Wildman–Crippen LogP) is 5.00. The van der Waals surface area contributed by atoms with Crippen LogP contribution in [0.4, 0.5) is 5.88 Å². The van der Waals surface area contributed by atoms with Gasteiger partial charge in [-0.1, -0.05) is 48.5 Å². The van der Waals surface area contributed by atoms with Crippen LogP contribution >= 0.6 is 0 Å². The first kappa shape index (κ1) is 21.0. The van der Waals surface area contributed by atoms with E-state index in [1.807, 2.05) is 53.4 Å². The molecule has 0 unspecified atom stereocenters. The second kappa shape index (κ2) is 9.69. The Morgan fingerprint density at radius 3 is 2.61 bits per heavy atom. The summed E-state index contributed by atoms with van der Waals surface area (Å²) in [5.41, 5.74) is 3.39. The van der Waals surface area contributed by atoms with Gasteiger partial charge in [0.1, 0.15) is 11.4 Å². The van der Waals surface area contributed by atoms with Gasteiger partial charge in [-0.25, -0.2) is 0 Å². The normalized spacial score (nSPS) is 13.4. The fourth-order valence-corrected chi connectivity index (χ4v) is 4.09. The van der Waals surface area contributed by atoms with Gasteiger partial charge < -0.3 is 19.1 Å². The van der Waals surface area contributed by atoms with Gasteiger partial charge in [0.05, 0.1) is 19.2 Å². The van der Waals surface area contributed by atoms with Gasteiger partial charge in [-0.15, -0.1) is 0 Å². The SMILES string of the molecule is CCCN(Cc1c(-c2ccccc2)noc1N1CCCC1)C(=O)c1cccc(OC)c1. The average Bonchev–Trinajstić information content (AvgIpc) is 3.49. The van der Waals surface area contributed by atoms with E-state index < -0.39 is 0 Å². The minimum absolute atomic E-state index is 0.0201. The molecule has 0 radical (unpaired) electrons. The number of carbonyl (C=O) groups is 1. The maximum absolute atomic E-state index is 13.4. The van der Waals surface area contributed by atoms with Crippen LogP contribution in [0.5, 0.6) is 5.75 Å². The van der Waals surface area contributed by atoms with Crippen LogP contribution in [0, 0.1) is 0 Å². The topological polar surface area (TPSA) is 58.8 Å². The zero-order valence-electron chi connectivity index (χ0n) is 18.2. The van der Waals surface area contributed by atoms with Crippen molar-refractivity contribution >= 4 is 11.8 Å². The number of anilines is 1. The molecule has 1 aromatic heterocycles. The van der Waals surface area contributed by atoms with Gasteiger partial charge in [-0.3, -0.25) is 4.79 Å². The van der Waals surface area contributed by atoms with Crippen LogP contribution in [0.15, 0.2) is 59.1 Å². The monoisotopic (exact) mass is 419 g/mol. The molecule has 162 valence electrons. The summed E-state index contributed by atoms with van der Waals surface area (Å²) < 4.78 is 11.2. The lowest BCUT2D eigenvalue weighted by atomic mass is 10.1. The third-order valence-electron chi connectivity index (χ3n) is 5.65. The molecule has 1 aliphatic heterocycles. The van der Waals surface area contributed by atoms with Crippen molar-refractivity contribution in [2.45, 2.75) is 32.7 Å². The maximum Gasteiger partial charge on any atom is 0.254 e. The van der Waals surface area contributed by atoms with Crippen molar-refractivity contribution in [3.63, 3.8) is 0 Å². The summed E-state index contributed by atoms with van der Waals surface area (Å²) in [7, 11) is 1.61. The molecule has 6 nitrogen and oxygen atoms in total. The number of aromatic nitrogens is 1. The standard InChI is InChI=1S/C25H29N3O3/c1-3-14-28(24(29)20-12-9-13-21(17-20)30-2)18-22-23(19-10-5-4-6-11-19)26-31-25(22)27-15-7-8-16-27/h4-6,9-13,17H,3,7-8,14-16,18H2,1-2H3. The second-order valence-electron chi connectivity index (χ2n) is 7.83. The van der Waals surface area contributed by atoms with Crippen LogP contribution in [0.2, 0.25) is 0 Å². The van der Waals surface area contributed by atoms with E-state index in [0.717, 1.165) is 55.1 Å². The van der Waals surface area contributed by atoms with Crippen molar-refractivity contribution in [3.8, 4) is 17.0 Å². The van der Waals surface area contributed by atoms with Gasteiger partial charge in [0, 0.05) is 30.8 Å². The number of hydrogen-bond acceptors (Lipinski definition) is 5. The van der Waals surface area contributed by atoms with Gasteiger partial charge in [0.25, 0.3) is 5.91 Å².